The van der Waals surface area contributed by atoms with Gasteiger partial charge in [0.25, 0.3) is 0 Å². The van der Waals surface area contributed by atoms with Gasteiger partial charge in [-0.1, -0.05) is 42.5 Å². The highest BCUT2D eigenvalue weighted by Crippen LogP contribution is 2.27. The lowest BCUT2D eigenvalue weighted by atomic mass is 10.1. The Hall–Kier alpha value is -1.80. The van der Waals surface area contributed by atoms with E-state index in [9.17, 15) is 0 Å². The molecule has 28 heavy (non-hydrogen) atoms. The number of guanidine groups is 1. The van der Waals surface area contributed by atoms with Crippen LogP contribution in [0.3, 0.4) is 0 Å². The highest BCUT2D eigenvalue weighted by molar-refractivity contribution is 14.0. The molecule has 0 saturated heterocycles. The Morgan fingerprint density at radius 2 is 1.79 bits per heavy atom. The van der Waals surface area contributed by atoms with Crippen LogP contribution in [0.5, 0.6) is 5.75 Å². The molecule has 0 aliphatic carbocycles. The van der Waals surface area contributed by atoms with Crippen LogP contribution in [0.4, 0.5) is 0 Å². The maximum absolute atomic E-state index is 5.99. The quantitative estimate of drug-likeness (QED) is 0.352. The van der Waals surface area contributed by atoms with E-state index in [-0.39, 0.29) is 30.1 Å². The normalized spacial score (nSPS) is 15.6. The molecule has 2 aromatic carbocycles. The fraction of sp³-hybridized carbons (Fsp3) is 0.409. The summed E-state index contributed by atoms with van der Waals surface area (Å²) >= 11 is 0. The molecule has 152 valence electrons. The first kappa shape index (κ1) is 22.5. The molecule has 0 spiro atoms. The van der Waals surface area contributed by atoms with Gasteiger partial charge in [-0.05, 0) is 43.8 Å². The minimum atomic E-state index is 0. The molecular weight excluding hydrogens is 463 g/mol. The Balaban J connectivity index is 0.00000280. The number of nitrogens with one attached hydrogen (secondary N) is 2. The van der Waals surface area contributed by atoms with Crippen molar-refractivity contribution in [2.45, 2.75) is 32.5 Å². The molecule has 1 heterocycles. The predicted octanol–water partition coefficient (Wildman–Crippen LogP) is 3.43. The summed E-state index contributed by atoms with van der Waals surface area (Å²) in [6.07, 6.45) is 1.09. The molecule has 0 amide bonds. The van der Waals surface area contributed by atoms with Crippen LogP contribution in [0.25, 0.3) is 0 Å². The van der Waals surface area contributed by atoms with E-state index in [2.05, 4.69) is 73.0 Å². The van der Waals surface area contributed by atoms with Crippen LogP contribution in [0.2, 0.25) is 0 Å². The molecule has 5 nitrogen and oxygen atoms in total. The van der Waals surface area contributed by atoms with E-state index in [1.807, 2.05) is 12.1 Å². The summed E-state index contributed by atoms with van der Waals surface area (Å²) < 4.78 is 5.99. The Bertz CT molecular complexity index is 736. The summed E-state index contributed by atoms with van der Waals surface area (Å²) in [6.45, 7) is 5.26. The number of hydrogen-bond donors (Lipinski definition) is 2. The zero-order valence-electron chi connectivity index (χ0n) is 16.9. The number of benzene rings is 2. The SMILES string of the molecule is CCNC(=NCc1ccc(CN(C)C)cc1)NCC1Cc2ccccc2O1.I. The van der Waals surface area contributed by atoms with Crippen molar-refractivity contribution in [2.24, 2.45) is 4.99 Å². The number of ether oxygens (including phenoxy) is 1. The molecule has 0 saturated carbocycles. The third-order valence-corrected chi connectivity index (χ3v) is 4.50. The Morgan fingerprint density at radius 1 is 1.07 bits per heavy atom. The Morgan fingerprint density at radius 3 is 2.46 bits per heavy atom. The lowest BCUT2D eigenvalue weighted by Gasteiger charge is -2.15. The van der Waals surface area contributed by atoms with Gasteiger partial charge in [0.15, 0.2) is 5.96 Å². The van der Waals surface area contributed by atoms with Gasteiger partial charge in [-0.15, -0.1) is 24.0 Å². The van der Waals surface area contributed by atoms with Crippen LogP contribution in [0.15, 0.2) is 53.5 Å². The first-order valence-corrected chi connectivity index (χ1v) is 9.63. The first-order chi connectivity index (χ1) is 13.1. The van der Waals surface area contributed by atoms with E-state index in [0.29, 0.717) is 6.54 Å². The van der Waals surface area contributed by atoms with E-state index in [0.717, 1.165) is 37.8 Å². The fourth-order valence-corrected chi connectivity index (χ4v) is 3.21. The van der Waals surface area contributed by atoms with Crippen molar-refractivity contribution in [3.8, 4) is 5.75 Å². The maximum Gasteiger partial charge on any atom is 0.191 e. The van der Waals surface area contributed by atoms with E-state index < -0.39 is 0 Å². The molecule has 0 aromatic heterocycles. The van der Waals surface area contributed by atoms with Crippen molar-refractivity contribution in [3.63, 3.8) is 0 Å². The third kappa shape index (κ3) is 6.67. The summed E-state index contributed by atoms with van der Waals surface area (Å²) in [5.74, 6) is 1.83. The van der Waals surface area contributed by atoms with Gasteiger partial charge in [-0.25, -0.2) is 4.99 Å². The van der Waals surface area contributed by atoms with Gasteiger partial charge in [0.1, 0.15) is 11.9 Å². The second kappa shape index (κ2) is 11.3. The van der Waals surface area contributed by atoms with Gasteiger partial charge in [-0.3, -0.25) is 0 Å². The van der Waals surface area contributed by atoms with Gasteiger partial charge in [0.05, 0.1) is 13.1 Å². The molecule has 1 aliphatic rings. The second-order valence-electron chi connectivity index (χ2n) is 7.18. The lowest BCUT2D eigenvalue weighted by molar-refractivity contribution is 0.235. The topological polar surface area (TPSA) is 48.9 Å². The Kier molecular flexibility index (Phi) is 9.05. The van der Waals surface area contributed by atoms with Crippen LogP contribution in [-0.4, -0.2) is 44.1 Å². The summed E-state index contributed by atoms with van der Waals surface area (Å²) in [6, 6.07) is 16.9. The van der Waals surface area contributed by atoms with Crippen LogP contribution in [-0.2, 0) is 19.5 Å². The smallest absolute Gasteiger partial charge is 0.191 e. The number of nitrogens with zero attached hydrogens (tertiary/aromatic N) is 2. The van der Waals surface area contributed by atoms with Gasteiger partial charge >= 0.3 is 0 Å². The Labute approximate surface area is 185 Å². The lowest BCUT2D eigenvalue weighted by Crippen LogP contribution is -2.42. The molecule has 0 fully saturated rings. The van der Waals surface area contributed by atoms with Crippen molar-refractivity contribution >= 4 is 29.9 Å². The molecular formula is C22H31IN4O. The summed E-state index contributed by atoms with van der Waals surface area (Å²) in [4.78, 5) is 6.88. The third-order valence-electron chi connectivity index (χ3n) is 4.50. The summed E-state index contributed by atoms with van der Waals surface area (Å²) in [5.41, 5.74) is 3.80. The molecule has 0 radical (unpaired) electrons. The highest BCUT2D eigenvalue weighted by atomic mass is 127. The van der Waals surface area contributed by atoms with Gasteiger partial charge in [0, 0.05) is 19.5 Å². The number of para-hydroxylation sites is 1. The standard InChI is InChI=1S/C22H30N4O.HI/c1-4-23-22(24-14-17-9-11-18(12-10-17)16-26(2)3)25-15-20-13-19-7-5-6-8-21(19)27-20;/h5-12,20H,4,13-16H2,1-3H3,(H2,23,24,25);1H. The second-order valence-corrected chi connectivity index (χ2v) is 7.18. The largest absolute Gasteiger partial charge is 0.488 e. The van der Waals surface area contributed by atoms with Crippen LogP contribution in [0, 0.1) is 0 Å². The zero-order valence-corrected chi connectivity index (χ0v) is 19.3. The molecule has 1 unspecified atom stereocenters. The number of rotatable bonds is 7. The summed E-state index contributed by atoms with van der Waals surface area (Å²) in [7, 11) is 4.16. The molecule has 3 rings (SSSR count). The predicted molar refractivity (Wildman–Crippen MR) is 127 cm³/mol. The van der Waals surface area contributed by atoms with E-state index in [1.54, 1.807) is 0 Å². The molecule has 1 atom stereocenters. The molecule has 2 N–H and O–H groups in total. The van der Waals surface area contributed by atoms with E-state index in [4.69, 9.17) is 9.73 Å². The van der Waals surface area contributed by atoms with Gasteiger partial charge in [-0.2, -0.15) is 0 Å². The van der Waals surface area contributed by atoms with Crippen molar-refractivity contribution in [1.29, 1.82) is 0 Å². The zero-order chi connectivity index (χ0) is 19.1. The number of fused-ring (bicyclic) bond motifs is 1. The highest BCUT2D eigenvalue weighted by Gasteiger charge is 2.22. The van der Waals surface area contributed by atoms with Crippen LogP contribution >= 0.6 is 24.0 Å². The first-order valence-electron chi connectivity index (χ1n) is 9.63. The van der Waals surface area contributed by atoms with Crippen molar-refractivity contribution < 1.29 is 4.74 Å². The molecule has 1 aliphatic heterocycles. The summed E-state index contributed by atoms with van der Waals surface area (Å²) in [5, 5.41) is 6.72. The minimum absolute atomic E-state index is 0. The van der Waals surface area contributed by atoms with Crippen molar-refractivity contribution in [3.05, 3.63) is 65.2 Å². The van der Waals surface area contributed by atoms with Crippen molar-refractivity contribution in [2.75, 3.05) is 27.2 Å². The fourth-order valence-electron chi connectivity index (χ4n) is 3.21. The van der Waals surface area contributed by atoms with Gasteiger partial charge < -0.3 is 20.3 Å². The molecule has 2 aromatic rings. The number of aliphatic imine (C=N–C) groups is 1. The average molecular weight is 494 g/mol. The molecule has 6 heteroatoms. The molecule has 0 bridgehead atoms. The monoisotopic (exact) mass is 494 g/mol. The number of halogens is 1. The van der Waals surface area contributed by atoms with E-state index >= 15 is 0 Å². The maximum atomic E-state index is 5.99. The van der Waals surface area contributed by atoms with Gasteiger partial charge in [0.2, 0.25) is 0 Å². The van der Waals surface area contributed by atoms with E-state index in [1.165, 1.54) is 16.7 Å². The van der Waals surface area contributed by atoms with Crippen molar-refractivity contribution in [1.82, 2.24) is 15.5 Å². The van der Waals surface area contributed by atoms with Crippen LogP contribution in [0.1, 0.15) is 23.6 Å². The average Bonchev–Trinajstić information content (AvgIpc) is 3.08. The minimum Gasteiger partial charge on any atom is -0.488 e. The van der Waals surface area contributed by atoms with Crippen LogP contribution < -0.4 is 15.4 Å². The number of hydrogen-bond acceptors (Lipinski definition) is 3.